The minimum atomic E-state index is -4.61. The number of aromatic nitrogens is 1. The second-order valence-electron chi connectivity index (χ2n) is 3.77. The molecule has 0 unspecified atom stereocenters. The van der Waals surface area contributed by atoms with E-state index in [0.29, 0.717) is 12.1 Å². The van der Waals surface area contributed by atoms with Crippen molar-refractivity contribution in [2.45, 2.75) is 6.18 Å². The van der Waals surface area contributed by atoms with Crippen molar-refractivity contribution < 1.29 is 35.5 Å². The van der Waals surface area contributed by atoms with Gasteiger partial charge in [0, 0.05) is 0 Å². The average Bonchev–Trinajstić information content (AvgIpc) is 2.41. The number of alkyl halides is 3. The Labute approximate surface area is 112 Å². The molecule has 1 heterocycles. The lowest BCUT2D eigenvalue weighted by molar-refractivity contribution is -0.137. The van der Waals surface area contributed by atoms with E-state index < -0.39 is 46.8 Å². The maximum absolute atomic E-state index is 13.2. The first kappa shape index (κ1) is 15.1. The summed E-state index contributed by atoms with van der Waals surface area (Å²) in [6.07, 6.45) is -4.61. The third-order valence-electron chi connectivity index (χ3n) is 2.36. The number of nitrogens with zero attached hydrogens (tertiary/aromatic N) is 1. The molecule has 0 bridgehead atoms. The largest absolute Gasteiger partial charge is 0.451 e. The van der Waals surface area contributed by atoms with Crippen LogP contribution in [0.3, 0.4) is 0 Å². The zero-order valence-electron chi connectivity index (χ0n) is 9.81. The lowest BCUT2D eigenvalue weighted by Crippen LogP contribution is -2.05. The first-order chi connectivity index (χ1) is 9.70. The molecule has 0 saturated carbocycles. The van der Waals surface area contributed by atoms with Gasteiger partial charge in [0.2, 0.25) is 17.4 Å². The van der Waals surface area contributed by atoms with Crippen molar-refractivity contribution in [3.05, 3.63) is 53.4 Å². The van der Waals surface area contributed by atoms with E-state index in [1.165, 1.54) is 0 Å². The molecule has 1 aromatic heterocycles. The Morgan fingerprint density at radius 1 is 0.810 bits per heavy atom. The molecule has 2 nitrogen and oxygen atoms in total. The molecule has 0 N–H and O–H groups in total. The summed E-state index contributed by atoms with van der Waals surface area (Å²) in [7, 11) is 0. The second kappa shape index (κ2) is 5.23. The van der Waals surface area contributed by atoms with Crippen molar-refractivity contribution in [1.82, 2.24) is 4.98 Å². The summed E-state index contributed by atoms with van der Waals surface area (Å²) in [6, 6.07) is 2.66. The first-order valence-corrected chi connectivity index (χ1v) is 5.25. The van der Waals surface area contributed by atoms with Gasteiger partial charge in [-0.2, -0.15) is 35.7 Å². The highest BCUT2D eigenvalue weighted by Gasteiger charge is 2.30. The number of halogens is 7. The number of hydrogen-bond donors (Lipinski definition) is 0. The Bertz CT molecular complexity index is 641. The topological polar surface area (TPSA) is 22.1 Å². The second-order valence-corrected chi connectivity index (χ2v) is 3.77. The van der Waals surface area contributed by atoms with Crippen molar-refractivity contribution in [2.75, 3.05) is 0 Å². The van der Waals surface area contributed by atoms with Crippen LogP contribution in [-0.2, 0) is 6.18 Å². The molecule has 2 aromatic rings. The molecule has 0 saturated heterocycles. The third-order valence-corrected chi connectivity index (χ3v) is 2.36. The Kier molecular flexibility index (Phi) is 3.75. The minimum absolute atomic E-state index is 0.439. The van der Waals surface area contributed by atoms with Crippen LogP contribution in [0.5, 0.6) is 11.5 Å². The maximum atomic E-state index is 13.2. The van der Waals surface area contributed by atoms with E-state index in [2.05, 4.69) is 9.72 Å². The molecule has 0 aliphatic rings. The van der Waals surface area contributed by atoms with Crippen LogP contribution in [0.15, 0.2) is 24.3 Å². The van der Waals surface area contributed by atoms with Crippen molar-refractivity contribution in [3.63, 3.8) is 0 Å². The van der Waals surface area contributed by atoms with Gasteiger partial charge < -0.3 is 4.74 Å². The van der Waals surface area contributed by atoms with Crippen LogP contribution in [0.2, 0.25) is 0 Å². The van der Waals surface area contributed by atoms with Gasteiger partial charge >= 0.3 is 6.18 Å². The Morgan fingerprint density at radius 2 is 1.29 bits per heavy atom. The average molecular weight is 311 g/mol. The number of benzene rings is 1. The fourth-order valence-corrected chi connectivity index (χ4v) is 1.39. The summed E-state index contributed by atoms with van der Waals surface area (Å²) in [5.74, 6) is -9.53. The van der Waals surface area contributed by atoms with Crippen molar-refractivity contribution >= 4 is 0 Å². The quantitative estimate of drug-likeness (QED) is 0.604. The Morgan fingerprint density at radius 3 is 1.71 bits per heavy atom. The summed E-state index contributed by atoms with van der Waals surface area (Å²) >= 11 is 0. The van der Waals surface area contributed by atoms with Crippen molar-refractivity contribution in [1.29, 1.82) is 0 Å². The maximum Gasteiger partial charge on any atom is 0.416 e. The monoisotopic (exact) mass is 311 g/mol. The Hall–Kier alpha value is -2.32. The van der Waals surface area contributed by atoms with Gasteiger partial charge in [-0.3, -0.25) is 0 Å². The number of ether oxygens (including phenoxy) is 1. The minimum Gasteiger partial charge on any atom is -0.451 e. The summed E-state index contributed by atoms with van der Waals surface area (Å²) in [6.45, 7) is 0. The van der Waals surface area contributed by atoms with Gasteiger partial charge in [-0.05, 0) is 24.3 Å². The summed E-state index contributed by atoms with van der Waals surface area (Å²) < 4.78 is 93.6. The van der Waals surface area contributed by atoms with Crippen LogP contribution in [0, 0.1) is 23.5 Å². The van der Waals surface area contributed by atoms with E-state index in [4.69, 9.17) is 0 Å². The molecular formula is C12H4F7NO. The highest BCUT2D eigenvalue weighted by atomic mass is 19.4. The molecule has 0 amide bonds. The summed E-state index contributed by atoms with van der Waals surface area (Å²) in [5.41, 5.74) is -1.03. The van der Waals surface area contributed by atoms with E-state index in [1.807, 2.05) is 0 Å². The van der Waals surface area contributed by atoms with E-state index >= 15 is 0 Å². The molecule has 0 atom stereocenters. The molecule has 0 spiro atoms. The summed E-state index contributed by atoms with van der Waals surface area (Å²) in [5, 5.41) is 0. The van der Waals surface area contributed by atoms with Crippen LogP contribution in [0.1, 0.15) is 5.56 Å². The zero-order chi connectivity index (χ0) is 15.8. The molecule has 0 radical (unpaired) electrons. The van der Waals surface area contributed by atoms with Crippen molar-refractivity contribution in [2.24, 2.45) is 0 Å². The van der Waals surface area contributed by atoms with Crippen LogP contribution >= 0.6 is 0 Å². The molecule has 1 aromatic carbocycles. The van der Waals surface area contributed by atoms with Gasteiger partial charge in [-0.15, -0.1) is 0 Å². The predicted octanol–water partition coefficient (Wildman–Crippen LogP) is 4.45. The van der Waals surface area contributed by atoms with Crippen molar-refractivity contribution in [3.8, 4) is 11.5 Å². The fourth-order valence-electron chi connectivity index (χ4n) is 1.39. The molecule has 0 aliphatic carbocycles. The standard InChI is InChI=1S/C12H4F7NO/c13-7-9(8(14)11(16)20-10(7)15)21-6-3-1-5(2-4-6)12(17,18)19/h1-4H. The highest BCUT2D eigenvalue weighted by molar-refractivity contribution is 5.34. The molecular weight excluding hydrogens is 307 g/mol. The number of pyridine rings is 1. The summed E-state index contributed by atoms with van der Waals surface area (Å²) in [4.78, 5) is 2.31. The molecule has 0 aliphatic heterocycles. The van der Waals surface area contributed by atoms with Crippen LogP contribution in [-0.4, -0.2) is 4.98 Å². The molecule has 9 heteroatoms. The van der Waals surface area contributed by atoms with Gasteiger partial charge in [0.25, 0.3) is 11.9 Å². The lowest BCUT2D eigenvalue weighted by Gasteiger charge is -2.10. The number of hydrogen-bond acceptors (Lipinski definition) is 2. The van der Waals surface area contributed by atoms with E-state index in [1.54, 1.807) is 0 Å². The highest BCUT2D eigenvalue weighted by Crippen LogP contribution is 2.33. The van der Waals surface area contributed by atoms with Gasteiger partial charge in [0.1, 0.15) is 5.75 Å². The molecule has 112 valence electrons. The smallest absolute Gasteiger partial charge is 0.416 e. The molecule has 0 fully saturated rings. The third kappa shape index (κ3) is 3.06. The normalized spacial score (nSPS) is 11.6. The predicted molar refractivity (Wildman–Crippen MR) is 55.6 cm³/mol. The Balaban J connectivity index is 2.35. The zero-order valence-corrected chi connectivity index (χ0v) is 9.81. The number of rotatable bonds is 2. The van der Waals surface area contributed by atoms with Crippen LogP contribution in [0.25, 0.3) is 0 Å². The molecule has 2 rings (SSSR count). The molecule has 21 heavy (non-hydrogen) atoms. The first-order valence-electron chi connectivity index (χ1n) is 5.25. The van der Waals surface area contributed by atoms with Crippen LogP contribution < -0.4 is 4.74 Å². The van der Waals surface area contributed by atoms with Gasteiger partial charge in [-0.1, -0.05) is 0 Å². The van der Waals surface area contributed by atoms with Gasteiger partial charge in [0.05, 0.1) is 5.56 Å². The van der Waals surface area contributed by atoms with E-state index in [-0.39, 0.29) is 0 Å². The van der Waals surface area contributed by atoms with Gasteiger partial charge in [-0.25, -0.2) is 0 Å². The van der Waals surface area contributed by atoms with Gasteiger partial charge in [0.15, 0.2) is 0 Å². The van der Waals surface area contributed by atoms with E-state index in [9.17, 15) is 30.7 Å². The lowest BCUT2D eigenvalue weighted by atomic mass is 10.2. The SMILES string of the molecule is Fc1nc(F)c(F)c(Oc2ccc(C(F)(F)F)cc2)c1F. The fraction of sp³-hybridized carbons (Fsp3) is 0.0833. The van der Waals surface area contributed by atoms with Crippen LogP contribution in [0.4, 0.5) is 30.7 Å². The van der Waals surface area contributed by atoms with E-state index in [0.717, 1.165) is 12.1 Å².